The van der Waals surface area contributed by atoms with E-state index in [1.54, 1.807) is 0 Å². The van der Waals surface area contributed by atoms with Crippen molar-refractivity contribution in [1.29, 1.82) is 0 Å². The zero-order chi connectivity index (χ0) is 14.6. The molecule has 0 spiro atoms. The smallest absolute Gasteiger partial charge is 0.324 e. The van der Waals surface area contributed by atoms with Crippen molar-refractivity contribution in [2.75, 3.05) is 6.16 Å². The summed E-state index contributed by atoms with van der Waals surface area (Å²) in [4.78, 5) is 9.71. The second kappa shape index (κ2) is 11.7. The highest BCUT2D eigenvalue weighted by Gasteiger charge is 2.22. The summed E-state index contributed by atoms with van der Waals surface area (Å²) < 4.78 is 17.3. The molecule has 0 saturated carbocycles. The summed E-state index contributed by atoms with van der Waals surface area (Å²) in [5.41, 5.74) is 0. The maximum atomic E-state index is 11.8. The molecule has 114 valence electrons. The molecule has 0 aromatic heterocycles. The van der Waals surface area contributed by atoms with E-state index >= 15 is 0 Å². The first-order valence-electron chi connectivity index (χ1n) is 7.66. The molecule has 0 aromatic rings. The first-order valence-corrected chi connectivity index (χ1v) is 9.43. The molecule has 1 N–H and O–H groups in total. The molecule has 0 aliphatic heterocycles. The SMILES string of the molecule is C=CCP(=O)(O)OC(CCCCC)CCCCCC. The van der Waals surface area contributed by atoms with E-state index in [1.807, 2.05) is 0 Å². The lowest BCUT2D eigenvalue weighted by Crippen LogP contribution is -2.12. The van der Waals surface area contributed by atoms with Crippen LogP contribution in [0.5, 0.6) is 0 Å². The fraction of sp³-hybridized carbons (Fsp3) is 0.867. The van der Waals surface area contributed by atoms with Crippen LogP contribution in [0.3, 0.4) is 0 Å². The van der Waals surface area contributed by atoms with Gasteiger partial charge in [0.15, 0.2) is 0 Å². The second-order valence-electron chi connectivity index (χ2n) is 5.18. The van der Waals surface area contributed by atoms with Gasteiger partial charge in [0.05, 0.1) is 12.3 Å². The minimum absolute atomic E-state index is 0.0479. The van der Waals surface area contributed by atoms with Crippen LogP contribution in [0.2, 0.25) is 0 Å². The molecule has 0 saturated heterocycles. The highest BCUT2D eigenvalue weighted by atomic mass is 31.2. The summed E-state index contributed by atoms with van der Waals surface area (Å²) in [7, 11) is -3.47. The molecule has 0 rings (SSSR count). The van der Waals surface area contributed by atoms with Crippen molar-refractivity contribution in [3.8, 4) is 0 Å². The number of allylic oxidation sites excluding steroid dienone is 1. The van der Waals surface area contributed by atoms with Gasteiger partial charge in [-0.25, -0.2) is 0 Å². The fourth-order valence-corrected chi connectivity index (χ4v) is 3.20. The zero-order valence-corrected chi connectivity index (χ0v) is 13.5. The number of hydrogen-bond donors (Lipinski definition) is 1. The van der Waals surface area contributed by atoms with Crippen LogP contribution in [0, 0.1) is 0 Å². The molecule has 0 amide bonds. The monoisotopic (exact) mass is 290 g/mol. The molecule has 2 atom stereocenters. The van der Waals surface area contributed by atoms with Crippen molar-refractivity contribution >= 4 is 7.60 Å². The lowest BCUT2D eigenvalue weighted by Gasteiger charge is -2.20. The Bertz CT molecular complexity index is 266. The minimum Gasteiger partial charge on any atom is -0.324 e. The summed E-state index contributed by atoms with van der Waals surface area (Å²) in [6.07, 6.45) is 11.3. The average Bonchev–Trinajstić information content (AvgIpc) is 2.34. The van der Waals surface area contributed by atoms with E-state index in [2.05, 4.69) is 20.4 Å². The summed E-state index contributed by atoms with van der Waals surface area (Å²) in [6, 6.07) is 0. The van der Waals surface area contributed by atoms with Crippen LogP contribution in [0.15, 0.2) is 12.7 Å². The van der Waals surface area contributed by atoms with Gasteiger partial charge in [-0.15, -0.1) is 6.58 Å². The Morgan fingerprint density at radius 1 is 1.11 bits per heavy atom. The van der Waals surface area contributed by atoms with Crippen molar-refractivity contribution in [2.45, 2.75) is 77.7 Å². The Kier molecular flexibility index (Phi) is 11.6. The Morgan fingerprint density at radius 2 is 1.63 bits per heavy atom. The Balaban J connectivity index is 4.15. The summed E-state index contributed by atoms with van der Waals surface area (Å²) in [5.74, 6) is 0. The molecule has 19 heavy (non-hydrogen) atoms. The van der Waals surface area contributed by atoms with Gasteiger partial charge in [-0.1, -0.05) is 64.9 Å². The van der Waals surface area contributed by atoms with Crippen LogP contribution in [-0.4, -0.2) is 17.2 Å². The number of hydrogen-bond acceptors (Lipinski definition) is 2. The molecular weight excluding hydrogens is 259 g/mol. The lowest BCUT2D eigenvalue weighted by molar-refractivity contribution is 0.151. The Morgan fingerprint density at radius 3 is 2.16 bits per heavy atom. The predicted octanol–water partition coefficient (Wildman–Crippen LogP) is 5.29. The average molecular weight is 290 g/mol. The molecule has 0 radical (unpaired) electrons. The topological polar surface area (TPSA) is 46.5 Å². The van der Waals surface area contributed by atoms with Gasteiger partial charge in [-0.2, -0.15) is 0 Å². The predicted molar refractivity (Wildman–Crippen MR) is 82.7 cm³/mol. The van der Waals surface area contributed by atoms with Crippen LogP contribution in [-0.2, 0) is 9.09 Å². The first-order chi connectivity index (χ1) is 9.05. The van der Waals surface area contributed by atoms with E-state index in [0.717, 1.165) is 38.5 Å². The minimum atomic E-state index is -3.47. The van der Waals surface area contributed by atoms with Crippen LogP contribution < -0.4 is 0 Å². The van der Waals surface area contributed by atoms with E-state index in [-0.39, 0.29) is 12.3 Å². The molecule has 4 heteroatoms. The van der Waals surface area contributed by atoms with Crippen molar-refractivity contribution < 1.29 is 14.0 Å². The standard InChI is InChI=1S/C15H31O3P/c1-4-7-9-11-13-15(12-10-8-5-2)18-19(16,17)14-6-3/h6,15H,3-5,7-14H2,1-2H3,(H,16,17). The third-order valence-electron chi connectivity index (χ3n) is 3.18. The molecule has 0 aromatic carbocycles. The van der Waals surface area contributed by atoms with Gasteiger partial charge in [0.2, 0.25) is 0 Å². The molecular formula is C15H31O3P. The maximum Gasteiger partial charge on any atom is 0.332 e. The van der Waals surface area contributed by atoms with E-state index in [9.17, 15) is 9.46 Å². The van der Waals surface area contributed by atoms with E-state index in [4.69, 9.17) is 4.52 Å². The summed E-state index contributed by atoms with van der Waals surface area (Å²) in [6.45, 7) is 7.84. The zero-order valence-electron chi connectivity index (χ0n) is 12.6. The highest BCUT2D eigenvalue weighted by Crippen LogP contribution is 2.44. The molecule has 0 fully saturated rings. The largest absolute Gasteiger partial charge is 0.332 e. The van der Waals surface area contributed by atoms with Gasteiger partial charge in [-0.05, 0) is 12.8 Å². The van der Waals surface area contributed by atoms with E-state index in [0.29, 0.717) is 0 Å². The lowest BCUT2D eigenvalue weighted by atomic mass is 10.0. The quantitative estimate of drug-likeness (QED) is 0.284. The van der Waals surface area contributed by atoms with Gasteiger partial charge in [0, 0.05) is 0 Å². The number of rotatable bonds is 13. The van der Waals surface area contributed by atoms with Crippen molar-refractivity contribution in [3.63, 3.8) is 0 Å². The molecule has 0 aliphatic carbocycles. The van der Waals surface area contributed by atoms with Crippen molar-refractivity contribution in [2.24, 2.45) is 0 Å². The van der Waals surface area contributed by atoms with E-state index < -0.39 is 7.60 Å². The van der Waals surface area contributed by atoms with Crippen LogP contribution in [0.1, 0.15) is 71.6 Å². The fourth-order valence-electron chi connectivity index (χ4n) is 2.11. The first kappa shape index (κ1) is 18.9. The number of unbranched alkanes of at least 4 members (excludes halogenated alkanes) is 5. The normalized spacial score (nSPS) is 15.9. The summed E-state index contributed by atoms with van der Waals surface area (Å²) in [5, 5.41) is 0. The van der Waals surface area contributed by atoms with Crippen molar-refractivity contribution in [3.05, 3.63) is 12.7 Å². The molecule has 3 nitrogen and oxygen atoms in total. The Labute approximate surface area is 119 Å². The molecule has 0 bridgehead atoms. The Hall–Kier alpha value is -0.110. The van der Waals surface area contributed by atoms with Gasteiger partial charge in [-0.3, -0.25) is 4.57 Å². The molecule has 2 unspecified atom stereocenters. The molecule has 0 heterocycles. The van der Waals surface area contributed by atoms with Gasteiger partial charge < -0.3 is 9.42 Å². The highest BCUT2D eigenvalue weighted by molar-refractivity contribution is 7.53. The summed E-state index contributed by atoms with van der Waals surface area (Å²) >= 11 is 0. The maximum absolute atomic E-state index is 11.8. The third kappa shape index (κ3) is 11.4. The van der Waals surface area contributed by atoms with Crippen LogP contribution >= 0.6 is 7.60 Å². The van der Waals surface area contributed by atoms with E-state index in [1.165, 1.54) is 25.3 Å². The van der Waals surface area contributed by atoms with Gasteiger partial charge >= 0.3 is 7.60 Å². The second-order valence-corrected chi connectivity index (χ2v) is 7.03. The molecule has 0 aliphatic rings. The van der Waals surface area contributed by atoms with Crippen molar-refractivity contribution in [1.82, 2.24) is 0 Å². The van der Waals surface area contributed by atoms with Gasteiger partial charge in [0.25, 0.3) is 0 Å². The van der Waals surface area contributed by atoms with Gasteiger partial charge in [0.1, 0.15) is 0 Å². The third-order valence-corrected chi connectivity index (χ3v) is 4.53. The van der Waals surface area contributed by atoms with Crippen LogP contribution in [0.25, 0.3) is 0 Å². The van der Waals surface area contributed by atoms with Crippen LogP contribution in [0.4, 0.5) is 0 Å².